The highest BCUT2D eigenvalue weighted by atomic mass is 16.5. The van der Waals surface area contributed by atoms with Crippen molar-refractivity contribution in [2.75, 3.05) is 0 Å². The Labute approximate surface area is 93.0 Å². The molecule has 1 aromatic carbocycles. The summed E-state index contributed by atoms with van der Waals surface area (Å²) in [6.45, 7) is 4.73. The van der Waals surface area contributed by atoms with E-state index in [1.54, 1.807) is 4.68 Å². The topological polar surface area (TPSA) is 52.8 Å². The van der Waals surface area contributed by atoms with E-state index in [0.29, 0.717) is 12.5 Å². The van der Waals surface area contributed by atoms with Crippen molar-refractivity contribution in [3.8, 4) is 11.4 Å². The van der Waals surface area contributed by atoms with E-state index in [2.05, 4.69) is 35.4 Å². The average molecular weight is 216 g/mol. The fourth-order valence-corrected chi connectivity index (χ4v) is 1.94. The molecule has 16 heavy (non-hydrogen) atoms. The molecule has 82 valence electrons. The van der Waals surface area contributed by atoms with Gasteiger partial charge in [-0.3, -0.25) is 0 Å². The Morgan fingerprint density at radius 1 is 1.38 bits per heavy atom. The van der Waals surface area contributed by atoms with Crippen molar-refractivity contribution < 1.29 is 4.74 Å². The van der Waals surface area contributed by atoms with Crippen LogP contribution < -0.4 is 4.74 Å². The third-order valence-electron chi connectivity index (χ3n) is 2.75. The van der Waals surface area contributed by atoms with E-state index in [4.69, 9.17) is 4.74 Å². The molecular weight excluding hydrogens is 204 g/mol. The molecule has 0 amide bonds. The van der Waals surface area contributed by atoms with Crippen molar-refractivity contribution in [1.82, 2.24) is 20.2 Å². The zero-order valence-electron chi connectivity index (χ0n) is 9.21. The number of rotatable bonds is 1. The Morgan fingerprint density at radius 3 is 3.06 bits per heavy atom. The molecule has 1 aliphatic rings. The Bertz CT molecular complexity index is 533. The molecule has 0 N–H and O–H groups in total. The van der Waals surface area contributed by atoms with Gasteiger partial charge in [-0.05, 0) is 28.0 Å². The Morgan fingerprint density at radius 2 is 2.25 bits per heavy atom. The van der Waals surface area contributed by atoms with Gasteiger partial charge < -0.3 is 4.74 Å². The van der Waals surface area contributed by atoms with E-state index in [9.17, 15) is 0 Å². The maximum atomic E-state index is 5.74. The Kier molecular flexibility index (Phi) is 1.92. The molecule has 1 aromatic heterocycles. The molecule has 0 aliphatic carbocycles. The lowest BCUT2D eigenvalue weighted by molar-refractivity contribution is 0.272. The lowest BCUT2D eigenvalue weighted by atomic mass is 10.0. The Balaban J connectivity index is 2.24. The van der Waals surface area contributed by atoms with Gasteiger partial charge in [0.05, 0.1) is 0 Å². The predicted octanol–water partition coefficient (Wildman–Crippen LogP) is 1.68. The molecule has 0 bridgehead atoms. The Hall–Kier alpha value is -1.91. The van der Waals surface area contributed by atoms with Crippen LogP contribution in [0.3, 0.4) is 0 Å². The minimum absolute atomic E-state index is 0.424. The second-order valence-electron chi connectivity index (χ2n) is 4.15. The first-order valence-corrected chi connectivity index (χ1v) is 5.30. The molecule has 3 rings (SSSR count). The van der Waals surface area contributed by atoms with E-state index >= 15 is 0 Å². The number of nitrogens with zero attached hydrogens (tertiary/aromatic N) is 4. The molecule has 2 aromatic rings. The van der Waals surface area contributed by atoms with Crippen molar-refractivity contribution in [2.45, 2.75) is 26.4 Å². The molecule has 5 heteroatoms. The van der Waals surface area contributed by atoms with Gasteiger partial charge in [-0.25, -0.2) is 0 Å². The highest BCUT2D eigenvalue weighted by Crippen LogP contribution is 2.35. The van der Waals surface area contributed by atoms with Gasteiger partial charge in [0.15, 0.2) is 5.82 Å². The zero-order valence-corrected chi connectivity index (χ0v) is 9.21. The molecule has 0 spiro atoms. The van der Waals surface area contributed by atoms with Gasteiger partial charge in [0.25, 0.3) is 0 Å². The molecule has 0 saturated heterocycles. The molecular formula is C11H12N4O. The van der Waals surface area contributed by atoms with Gasteiger partial charge in [0.1, 0.15) is 18.0 Å². The summed E-state index contributed by atoms with van der Waals surface area (Å²) >= 11 is 0. The molecule has 0 radical (unpaired) electrons. The SMILES string of the molecule is CC(C)c1cccc2c1OCc1nnnn1-2. The van der Waals surface area contributed by atoms with Gasteiger partial charge >= 0.3 is 0 Å². The zero-order chi connectivity index (χ0) is 11.1. The van der Waals surface area contributed by atoms with E-state index in [1.807, 2.05) is 12.1 Å². The molecule has 0 atom stereocenters. The van der Waals surface area contributed by atoms with Crippen molar-refractivity contribution >= 4 is 0 Å². The normalized spacial score (nSPS) is 13.2. The number of fused-ring (bicyclic) bond motifs is 3. The van der Waals surface area contributed by atoms with Crippen LogP contribution in [-0.4, -0.2) is 20.2 Å². The molecule has 0 unspecified atom stereocenters. The van der Waals surface area contributed by atoms with Crippen LogP contribution in [0, 0.1) is 0 Å². The first-order valence-electron chi connectivity index (χ1n) is 5.30. The lowest BCUT2D eigenvalue weighted by Crippen LogP contribution is -2.15. The van der Waals surface area contributed by atoms with Gasteiger partial charge in [0, 0.05) is 0 Å². The smallest absolute Gasteiger partial charge is 0.194 e. The standard InChI is InChI=1S/C11H12N4O/c1-7(2)8-4-3-5-9-11(8)16-6-10-12-13-14-15(9)10/h3-5,7H,6H2,1-2H3. The first kappa shape index (κ1) is 9.33. The fourth-order valence-electron chi connectivity index (χ4n) is 1.94. The minimum atomic E-state index is 0.424. The van der Waals surface area contributed by atoms with Crippen LogP contribution in [-0.2, 0) is 6.61 Å². The average Bonchev–Trinajstić information content (AvgIpc) is 2.76. The third-order valence-corrected chi connectivity index (χ3v) is 2.75. The quantitative estimate of drug-likeness (QED) is 0.727. The van der Waals surface area contributed by atoms with Crippen molar-refractivity contribution in [1.29, 1.82) is 0 Å². The number of tetrazole rings is 1. The van der Waals surface area contributed by atoms with Gasteiger partial charge in [-0.15, -0.1) is 5.10 Å². The number of ether oxygens (including phenoxy) is 1. The molecule has 1 aliphatic heterocycles. The highest BCUT2D eigenvalue weighted by Gasteiger charge is 2.22. The summed E-state index contributed by atoms with van der Waals surface area (Å²) < 4.78 is 7.48. The molecule has 0 fully saturated rings. The van der Waals surface area contributed by atoms with Crippen molar-refractivity contribution in [3.05, 3.63) is 29.6 Å². The molecule has 5 nitrogen and oxygen atoms in total. The van der Waals surface area contributed by atoms with E-state index in [0.717, 1.165) is 17.3 Å². The summed E-state index contributed by atoms with van der Waals surface area (Å²) in [6.07, 6.45) is 0. The van der Waals surface area contributed by atoms with Crippen molar-refractivity contribution in [3.63, 3.8) is 0 Å². The maximum Gasteiger partial charge on any atom is 0.194 e. The van der Waals surface area contributed by atoms with E-state index in [1.165, 1.54) is 5.56 Å². The fraction of sp³-hybridized carbons (Fsp3) is 0.364. The van der Waals surface area contributed by atoms with Crippen LogP contribution >= 0.6 is 0 Å². The van der Waals surface area contributed by atoms with Crippen LogP contribution in [0.2, 0.25) is 0 Å². The van der Waals surface area contributed by atoms with Gasteiger partial charge in [-0.2, -0.15) is 4.68 Å². The predicted molar refractivity (Wildman–Crippen MR) is 57.6 cm³/mol. The summed E-state index contributed by atoms with van der Waals surface area (Å²) in [5, 5.41) is 11.5. The van der Waals surface area contributed by atoms with Crippen LogP contribution in [0.15, 0.2) is 18.2 Å². The highest BCUT2D eigenvalue weighted by molar-refractivity contribution is 5.53. The molecule has 2 heterocycles. The van der Waals surface area contributed by atoms with Crippen LogP contribution in [0.4, 0.5) is 0 Å². The number of para-hydroxylation sites is 1. The monoisotopic (exact) mass is 216 g/mol. The number of hydrogen-bond acceptors (Lipinski definition) is 4. The van der Waals surface area contributed by atoms with E-state index < -0.39 is 0 Å². The number of hydrogen-bond donors (Lipinski definition) is 0. The summed E-state index contributed by atoms with van der Waals surface area (Å²) in [6, 6.07) is 6.06. The third kappa shape index (κ3) is 1.21. The van der Waals surface area contributed by atoms with E-state index in [-0.39, 0.29) is 0 Å². The summed E-state index contributed by atoms with van der Waals surface area (Å²) in [7, 11) is 0. The number of aromatic nitrogens is 4. The van der Waals surface area contributed by atoms with Crippen LogP contribution in [0.1, 0.15) is 31.2 Å². The minimum Gasteiger partial charge on any atom is -0.483 e. The molecule has 0 saturated carbocycles. The van der Waals surface area contributed by atoms with Gasteiger partial charge in [-0.1, -0.05) is 26.0 Å². The first-order chi connectivity index (χ1) is 7.77. The largest absolute Gasteiger partial charge is 0.483 e. The summed E-state index contributed by atoms with van der Waals surface area (Å²) in [5.41, 5.74) is 2.12. The number of benzene rings is 1. The lowest BCUT2D eigenvalue weighted by Gasteiger charge is -2.21. The summed E-state index contributed by atoms with van der Waals surface area (Å²) in [4.78, 5) is 0. The van der Waals surface area contributed by atoms with Gasteiger partial charge in [0.2, 0.25) is 0 Å². The second kappa shape index (κ2) is 3.30. The second-order valence-corrected chi connectivity index (χ2v) is 4.15. The maximum absolute atomic E-state index is 5.74. The van der Waals surface area contributed by atoms with Crippen molar-refractivity contribution in [2.24, 2.45) is 0 Å². The summed E-state index contributed by atoms with van der Waals surface area (Å²) in [5.74, 6) is 2.07. The van der Waals surface area contributed by atoms with Crippen LogP contribution in [0.5, 0.6) is 5.75 Å². The van der Waals surface area contributed by atoms with Crippen LogP contribution in [0.25, 0.3) is 5.69 Å².